The van der Waals surface area contributed by atoms with Gasteiger partial charge in [-0.3, -0.25) is 9.59 Å². The Balaban J connectivity index is 1.69. The molecule has 0 radical (unpaired) electrons. The first-order chi connectivity index (χ1) is 15.5. The lowest BCUT2D eigenvalue weighted by Crippen LogP contribution is -2.35. The van der Waals surface area contributed by atoms with Crippen molar-refractivity contribution in [1.29, 1.82) is 0 Å². The molecule has 2 amide bonds. The monoisotopic (exact) mass is 452 g/mol. The van der Waals surface area contributed by atoms with Crippen molar-refractivity contribution < 1.29 is 14.3 Å². The smallest absolute Gasteiger partial charge is 0.258 e. The van der Waals surface area contributed by atoms with Crippen LogP contribution >= 0.6 is 11.6 Å². The lowest BCUT2D eigenvalue weighted by atomic mass is 10.3. The lowest BCUT2D eigenvalue weighted by molar-refractivity contribution is -0.130. The Hall–Kier alpha value is -3.58. The molecule has 8 heteroatoms. The average molecular weight is 453 g/mol. The molecule has 166 valence electrons. The summed E-state index contributed by atoms with van der Waals surface area (Å²) in [5, 5.41) is 3.40. The first-order valence-corrected chi connectivity index (χ1v) is 10.5. The number of hydrogen-bond donors (Lipinski definition) is 1. The van der Waals surface area contributed by atoms with Crippen LogP contribution in [0.5, 0.6) is 5.75 Å². The number of ether oxygens (including phenoxy) is 1. The van der Waals surface area contributed by atoms with E-state index in [0.717, 1.165) is 11.0 Å². The highest BCUT2D eigenvalue weighted by atomic mass is 35.5. The fourth-order valence-electron chi connectivity index (χ4n) is 3.17. The van der Waals surface area contributed by atoms with Gasteiger partial charge in [-0.15, -0.1) is 13.2 Å². The summed E-state index contributed by atoms with van der Waals surface area (Å²) in [5.74, 6) is 0.736. The van der Waals surface area contributed by atoms with E-state index >= 15 is 0 Å². The van der Waals surface area contributed by atoms with Gasteiger partial charge in [-0.2, -0.15) is 0 Å². The van der Waals surface area contributed by atoms with Crippen LogP contribution in [0.15, 0.2) is 73.8 Å². The maximum atomic E-state index is 12.9. The molecule has 7 nitrogen and oxygen atoms in total. The van der Waals surface area contributed by atoms with Crippen molar-refractivity contribution in [2.45, 2.75) is 13.1 Å². The van der Waals surface area contributed by atoms with E-state index in [1.165, 1.54) is 0 Å². The molecule has 0 saturated heterocycles. The number of nitrogens with one attached hydrogen (secondary N) is 1. The fourth-order valence-corrected chi connectivity index (χ4v) is 3.30. The minimum atomic E-state index is -0.301. The number of aromatic nitrogens is 2. The molecule has 32 heavy (non-hydrogen) atoms. The molecule has 2 aromatic carbocycles. The van der Waals surface area contributed by atoms with Crippen LogP contribution in [0.2, 0.25) is 5.02 Å². The van der Waals surface area contributed by atoms with Gasteiger partial charge in [-0.1, -0.05) is 35.9 Å². The molecular formula is C24H25ClN4O3. The molecule has 0 atom stereocenters. The standard InChI is InChI=1S/C24H25ClN4O3/c1-3-13-28(14-4-2)24(31)16-29-21-8-6-5-7-20(21)27-22(29)15-26-23(30)17-32-19-11-9-18(25)10-12-19/h3-12H,1-2,13-17H2,(H,26,30). The third-order valence-corrected chi connectivity index (χ3v) is 4.96. The van der Waals surface area contributed by atoms with Gasteiger partial charge in [0.05, 0.1) is 17.6 Å². The molecule has 0 unspecified atom stereocenters. The third-order valence-electron chi connectivity index (χ3n) is 4.71. The molecule has 1 N–H and O–H groups in total. The van der Waals surface area contributed by atoms with Crippen molar-refractivity contribution >= 4 is 34.4 Å². The summed E-state index contributed by atoms with van der Waals surface area (Å²) in [6.07, 6.45) is 3.35. The highest BCUT2D eigenvalue weighted by Gasteiger charge is 2.17. The fraction of sp³-hybridized carbons (Fsp3) is 0.208. The van der Waals surface area contributed by atoms with Gasteiger partial charge in [0.25, 0.3) is 5.91 Å². The molecule has 3 rings (SSSR count). The van der Waals surface area contributed by atoms with Gasteiger partial charge in [0.1, 0.15) is 18.1 Å². The predicted molar refractivity (Wildman–Crippen MR) is 126 cm³/mol. The molecular weight excluding hydrogens is 428 g/mol. The third kappa shape index (κ3) is 5.98. The van der Waals surface area contributed by atoms with Gasteiger partial charge >= 0.3 is 0 Å². The maximum Gasteiger partial charge on any atom is 0.258 e. The number of carbonyl (C=O) groups is 2. The molecule has 0 fully saturated rings. The van der Waals surface area contributed by atoms with E-state index in [-0.39, 0.29) is 31.5 Å². The van der Waals surface area contributed by atoms with Crippen LogP contribution in [0.4, 0.5) is 0 Å². The van der Waals surface area contributed by atoms with Crippen LogP contribution in [-0.2, 0) is 22.7 Å². The Morgan fingerprint density at radius 3 is 2.47 bits per heavy atom. The van der Waals surface area contributed by atoms with Crippen molar-refractivity contribution in [2.75, 3.05) is 19.7 Å². The Labute approximate surface area is 191 Å². The van der Waals surface area contributed by atoms with Crippen molar-refractivity contribution in [2.24, 2.45) is 0 Å². The summed E-state index contributed by atoms with van der Waals surface area (Å²) in [6, 6.07) is 14.3. The summed E-state index contributed by atoms with van der Waals surface area (Å²) in [4.78, 5) is 31.4. The molecule has 0 spiro atoms. The minimum absolute atomic E-state index is 0.0911. The molecule has 0 aliphatic carbocycles. The minimum Gasteiger partial charge on any atom is -0.484 e. The van der Waals surface area contributed by atoms with Gasteiger partial charge in [0, 0.05) is 18.1 Å². The maximum absolute atomic E-state index is 12.9. The first-order valence-electron chi connectivity index (χ1n) is 10.1. The molecule has 0 aliphatic heterocycles. The number of carbonyl (C=O) groups excluding carboxylic acids is 2. The zero-order valence-corrected chi connectivity index (χ0v) is 18.4. The quantitative estimate of drug-likeness (QED) is 0.451. The van der Waals surface area contributed by atoms with Crippen molar-refractivity contribution in [3.63, 3.8) is 0 Å². The Morgan fingerprint density at radius 2 is 1.78 bits per heavy atom. The number of amides is 2. The number of halogens is 1. The van der Waals surface area contributed by atoms with Crippen molar-refractivity contribution in [3.05, 3.63) is 84.7 Å². The highest BCUT2D eigenvalue weighted by Crippen LogP contribution is 2.17. The van der Waals surface area contributed by atoms with Crippen LogP contribution in [0.25, 0.3) is 11.0 Å². The van der Waals surface area contributed by atoms with Gasteiger partial charge < -0.3 is 19.5 Å². The number of para-hydroxylation sites is 2. The number of benzene rings is 2. The van der Waals surface area contributed by atoms with Crippen LogP contribution < -0.4 is 10.1 Å². The second kappa shape index (κ2) is 11.2. The van der Waals surface area contributed by atoms with E-state index < -0.39 is 0 Å². The van der Waals surface area contributed by atoms with Crippen LogP contribution in [0.1, 0.15) is 5.82 Å². The zero-order chi connectivity index (χ0) is 22.9. The van der Waals surface area contributed by atoms with E-state index in [0.29, 0.717) is 29.7 Å². The second-order valence-electron chi connectivity index (χ2n) is 7.00. The van der Waals surface area contributed by atoms with E-state index in [2.05, 4.69) is 23.5 Å². The number of fused-ring (bicyclic) bond motifs is 1. The molecule has 0 bridgehead atoms. The van der Waals surface area contributed by atoms with Gasteiger partial charge in [-0.05, 0) is 36.4 Å². The van der Waals surface area contributed by atoms with Gasteiger partial charge in [-0.25, -0.2) is 4.98 Å². The summed E-state index contributed by atoms with van der Waals surface area (Å²) in [7, 11) is 0. The van der Waals surface area contributed by atoms with Crippen LogP contribution in [-0.4, -0.2) is 46.0 Å². The van der Waals surface area contributed by atoms with Crippen LogP contribution in [0.3, 0.4) is 0 Å². The molecule has 0 aliphatic rings. The Morgan fingerprint density at radius 1 is 1.09 bits per heavy atom. The first kappa shape index (κ1) is 23.1. The van der Waals surface area contributed by atoms with Crippen molar-refractivity contribution in [1.82, 2.24) is 19.8 Å². The molecule has 3 aromatic rings. The predicted octanol–water partition coefficient (Wildman–Crippen LogP) is 3.59. The summed E-state index contributed by atoms with van der Waals surface area (Å²) in [6.45, 7) is 8.37. The lowest BCUT2D eigenvalue weighted by Gasteiger charge is -2.20. The molecule has 1 heterocycles. The number of hydrogen-bond acceptors (Lipinski definition) is 4. The van der Waals surface area contributed by atoms with E-state index in [4.69, 9.17) is 16.3 Å². The van der Waals surface area contributed by atoms with Crippen molar-refractivity contribution in [3.8, 4) is 5.75 Å². The Kier molecular flexibility index (Phi) is 8.05. The van der Waals surface area contributed by atoms with Gasteiger partial charge in [0.15, 0.2) is 6.61 Å². The van der Waals surface area contributed by atoms with E-state index in [1.54, 1.807) is 41.3 Å². The number of imidazole rings is 1. The molecule has 0 saturated carbocycles. The van der Waals surface area contributed by atoms with E-state index in [1.807, 2.05) is 28.8 Å². The topological polar surface area (TPSA) is 76.5 Å². The second-order valence-corrected chi connectivity index (χ2v) is 7.43. The summed E-state index contributed by atoms with van der Waals surface area (Å²) < 4.78 is 7.29. The average Bonchev–Trinajstić information content (AvgIpc) is 3.14. The largest absolute Gasteiger partial charge is 0.484 e. The highest BCUT2D eigenvalue weighted by molar-refractivity contribution is 6.30. The SMILES string of the molecule is C=CCN(CC=C)C(=O)Cn1c(CNC(=O)COc2ccc(Cl)cc2)nc2ccccc21. The number of rotatable bonds is 11. The normalized spacial score (nSPS) is 10.5. The zero-order valence-electron chi connectivity index (χ0n) is 17.7. The van der Waals surface area contributed by atoms with E-state index in [9.17, 15) is 9.59 Å². The Bertz CT molecular complexity index is 1100. The summed E-state index contributed by atoms with van der Waals surface area (Å²) >= 11 is 5.85. The summed E-state index contributed by atoms with van der Waals surface area (Å²) in [5.41, 5.74) is 1.57. The van der Waals surface area contributed by atoms with Crippen LogP contribution in [0, 0.1) is 0 Å². The number of nitrogens with zero attached hydrogens (tertiary/aromatic N) is 3. The molecule has 1 aromatic heterocycles. The van der Waals surface area contributed by atoms with Gasteiger partial charge in [0.2, 0.25) is 5.91 Å².